The van der Waals surface area contributed by atoms with Crippen molar-refractivity contribution in [3.8, 4) is 11.4 Å². The lowest BCUT2D eigenvalue weighted by molar-refractivity contribution is -0.144. The fourth-order valence-corrected chi connectivity index (χ4v) is 3.23. The summed E-state index contributed by atoms with van der Waals surface area (Å²) in [6.45, 7) is -0.246. The highest BCUT2D eigenvalue weighted by Crippen LogP contribution is 2.31. The monoisotopic (exact) mass is 520 g/mol. The molecule has 0 N–H and O–H groups in total. The van der Waals surface area contributed by atoms with Crippen LogP contribution in [-0.2, 0) is 24.6 Å². The van der Waals surface area contributed by atoms with Crippen molar-refractivity contribution in [3.63, 3.8) is 0 Å². The molecule has 13 heteroatoms. The largest absolute Gasteiger partial charge is 0.487 e. The predicted molar refractivity (Wildman–Crippen MR) is 104 cm³/mol. The number of carbonyl (C=O) groups is 1. The van der Waals surface area contributed by atoms with E-state index in [-0.39, 0.29) is 43.4 Å². The molecular formula is C19H13BrF4N2O6. The van der Waals surface area contributed by atoms with Gasteiger partial charge >= 0.3 is 17.8 Å². The van der Waals surface area contributed by atoms with E-state index in [0.717, 1.165) is 26.3 Å². The number of hydrogen-bond donors (Lipinski definition) is 0. The van der Waals surface area contributed by atoms with Gasteiger partial charge in [0, 0.05) is 24.7 Å². The molecule has 0 aliphatic heterocycles. The Morgan fingerprint density at radius 2 is 1.91 bits per heavy atom. The van der Waals surface area contributed by atoms with Crippen molar-refractivity contribution in [3.05, 3.63) is 78.7 Å². The van der Waals surface area contributed by atoms with E-state index in [0.29, 0.717) is 0 Å². The minimum atomic E-state index is -4.96. The topological polar surface area (TPSA) is 92.7 Å². The Kier molecular flexibility index (Phi) is 6.30. The van der Waals surface area contributed by atoms with Crippen LogP contribution >= 0.6 is 15.9 Å². The summed E-state index contributed by atoms with van der Waals surface area (Å²) in [6.07, 6.45) is -3.73. The first-order chi connectivity index (χ1) is 15.0. The predicted octanol–water partition coefficient (Wildman–Crippen LogP) is 3.42. The lowest BCUT2D eigenvalue weighted by Gasteiger charge is -2.15. The molecule has 3 rings (SSSR count). The van der Waals surface area contributed by atoms with Crippen LogP contribution in [0.5, 0.6) is 5.75 Å². The lowest BCUT2D eigenvalue weighted by Crippen LogP contribution is -2.41. The maximum atomic E-state index is 14.6. The SMILES string of the molecule is COC(=O)c1occc1COc1cc(-n2c(=O)cc(C(F)(F)F)n(C)c2=O)c(F)cc1Br. The molecule has 2 aromatic heterocycles. The molecule has 0 radical (unpaired) electrons. The Labute approximate surface area is 184 Å². The molecule has 8 nitrogen and oxygen atoms in total. The summed E-state index contributed by atoms with van der Waals surface area (Å²) in [5.41, 5.74) is -4.59. The van der Waals surface area contributed by atoms with Crippen LogP contribution in [0.4, 0.5) is 17.6 Å². The van der Waals surface area contributed by atoms with Gasteiger partial charge in [0.25, 0.3) is 5.56 Å². The number of alkyl halides is 3. The number of esters is 1. The third-order valence-electron chi connectivity index (χ3n) is 4.35. The molecule has 0 fully saturated rings. The Morgan fingerprint density at radius 1 is 1.22 bits per heavy atom. The third kappa shape index (κ3) is 4.33. The van der Waals surface area contributed by atoms with Crippen LogP contribution in [0.3, 0.4) is 0 Å². The van der Waals surface area contributed by atoms with Gasteiger partial charge in [-0.1, -0.05) is 0 Å². The molecule has 0 amide bonds. The molecule has 2 heterocycles. The molecule has 0 aliphatic carbocycles. The van der Waals surface area contributed by atoms with Crippen molar-refractivity contribution in [2.45, 2.75) is 12.8 Å². The number of nitrogens with zero attached hydrogens (tertiary/aromatic N) is 2. The minimum absolute atomic E-state index is 0.0627. The number of rotatable bonds is 5. The second kappa shape index (κ2) is 8.65. The van der Waals surface area contributed by atoms with Gasteiger partial charge in [-0.05, 0) is 28.1 Å². The zero-order valence-corrected chi connectivity index (χ0v) is 17.9. The molecule has 1 aromatic carbocycles. The molecule has 0 atom stereocenters. The van der Waals surface area contributed by atoms with Gasteiger partial charge in [-0.2, -0.15) is 13.2 Å². The second-order valence-electron chi connectivity index (χ2n) is 6.33. The van der Waals surface area contributed by atoms with Crippen LogP contribution in [0.2, 0.25) is 0 Å². The Morgan fingerprint density at radius 3 is 2.53 bits per heavy atom. The van der Waals surface area contributed by atoms with Crippen LogP contribution in [0.1, 0.15) is 21.8 Å². The van der Waals surface area contributed by atoms with E-state index in [1.54, 1.807) is 0 Å². The van der Waals surface area contributed by atoms with Crippen molar-refractivity contribution in [1.29, 1.82) is 0 Å². The molecular weight excluding hydrogens is 508 g/mol. The van der Waals surface area contributed by atoms with Crippen LogP contribution in [0, 0.1) is 5.82 Å². The molecule has 170 valence electrons. The normalized spacial score (nSPS) is 11.5. The standard InChI is InChI=1S/C19H13BrF4N2O6/c1-25-14(19(22,23)24)7-15(27)26(18(25)29)12-6-13(10(20)5-11(12)21)32-8-9-3-4-31-16(9)17(28)30-2/h3-7H,8H2,1-2H3. The highest BCUT2D eigenvalue weighted by Gasteiger charge is 2.35. The van der Waals surface area contributed by atoms with E-state index in [1.165, 1.54) is 12.3 Å². The minimum Gasteiger partial charge on any atom is -0.487 e. The summed E-state index contributed by atoms with van der Waals surface area (Å²) in [5, 5.41) is 0. The molecule has 0 aliphatic rings. The summed E-state index contributed by atoms with van der Waals surface area (Å²) in [4.78, 5) is 36.4. The first-order valence-electron chi connectivity index (χ1n) is 8.63. The number of benzene rings is 1. The van der Waals surface area contributed by atoms with E-state index in [4.69, 9.17) is 9.15 Å². The zero-order chi connectivity index (χ0) is 23.8. The van der Waals surface area contributed by atoms with E-state index in [1.807, 2.05) is 0 Å². The van der Waals surface area contributed by atoms with Crippen molar-refractivity contribution in [2.24, 2.45) is 7.05 Å². The van der Waals surface area contributed by atoms with Crippen LogP contribution in [0.15, 0.2) is 49.0 Å². The van der Waals surface area contributed by atoms with Gasteiger partial charge in [0.15, 0.2) is 0 Å². The summed E-state index contributed by atoms with van der Waals surface area (Å²) >= 11 is 3.07. The summed E-state index contributed by atoms with van der Waals surface area (Å²) < 4.78 is 69.4. The highest BCUT2D eigenvalue weighted by atomic mass is 79.9. The van der Waals surface area contributed by atoms with Crippen molar-refractivity contribution in [2.75, 3.05) is 7.11 Å². The molecule has 0 unspecified atom stereocenters. The smallest absolute Gasteiger partial charge is 0.431 e. The van der Waals surface area contributed by atoms with Gasteiger partial charge in [0.05, 0.1) is 23.5 Å². The number of carbonyl (C=O) groups excluding carboxylic acids is 1. The van der Waals surface area contributed by atoms with Gasteiger partial charge < -0.3 is 13.9 Å². The molecule has 3 aromatic rings. The van der Waals surface area contributed by atoms with E-state index >= 15 is 0 Å². The molecule has 0 spiro atoms. The van der Waals surface area contributed by atoms with E-state index in [2.05, 4.69) is 20.7 Å². The fraction of sp³-hybridized carbons (Fsp3) is 0.211. The molecule has 0 bridgehead atoms. The summed E-state index contributed by atoms with van der Waals surface area (Å²) in [6, 6.07) is 3.47. The molecule has 32 heavy (non-hydrogen) atoms. The number of ether oxygens (including phenoxy) is 2. The average Bonchev–Trinajstić information content (AvgIpc) is 3.18. The molecule has 0 saturated carbocycles. The Hall–Kier alpha value is -3.35. The third-order valence-corrected chi connectivity index (χ3v) is 4.97. The number of methoxy groups -OCH3 is 1. The number of furan rings is 1. The van der Waals surface area contributed by atoms with Gasteiger partial charge in [0.1, 0.15) is 23.9 Å². The first kappa shape index (κ1) is 23.3. The van der Waals surface area contributed by atoms with Crippen LogP contribution in [0.25, 0.3) is 5.69 Å². The fourth-order valence-electron chi connectivity index (χ4n) is 2.80. The van der Waals surface area contributed by atoms with E-state index in [9.17, 15) is 31.9 Å². The highest BCUT2D eigenvalue weighted by molar-refractivity contribution is 9.10. The van der Waals surface area contributed by atoms with Crippen LogP contribution < -0.4 is 16.0 Å². The first-order valence-corrected chi connectivity index (χ1v) is 9.42. The van der Waals surface area contributed by atoms with Gasteiger partial charge in [-0.15, -0.1) is 0 Å². The Bertz CT molecular complexity index is 1310. The quantitative estimate of drug-likeness (QED) is 0.378. The zero-order valence-electron chi connectivity index (χ0n) is 16.3. The maximum Gasteiger partial charge on any atom is 0.431 e. The second-order valence-corrected chi connectivity index (χ2v) is 7.19. The van der Waals surface area contributed by atoms with Crippen molar-refractivity contribution >= 4 is 21.9 Å². The van der Waals surface area contributed by atoms with Gasteiger partial charge in [-0.3, -0.25) is 9.36 Å². The number of halogens is 5. The Balaban J connectivity index is 2.05. The van der Waals surface area contributed by atoms with Crippen molar-refractivity contribution in [1.82, 2.24) is 9.13 Å². The van der Waals surface area contributed by atoms with Crippen molar-refractivity contribution < 1.29 is 36.2 Å². The lowest BCUT2D eigenvalue weighted by atomic mass is 10.2. The molecule has 0 saturated heterocycles. The number of hydrogen-bond acceptors (Lipinski definition) is 6. The summed E-state index contributed by atoms with van der Waals surface area (Å²) in [7, 11) is 1.96. The van der Waals surface area contributed by atoms with Gasteiger partial charge in [-0.25, -0.2) is 18.5 Å². The summed E-state index contributed by atoms with van der Waals surface area (Å²) in [5.74, 6) is -2.01. The van der Waals surface area contributed by atoms with E-state index < -0.39 is 40.6 Å². The maximum absolute atomic E-state index is 14.6. The van der Waals surface area contributed by atoms with Crippen LogP contribution in [-0.4, -0.2) is 22.2 Å². The number of aromatic nitrogens is 2. The van der Waals surface area contributed by atoms with Gasteiger partial charge in [0.2, 0.25) is 5.76 Å². The average molecular weight is 521 g/mol.